The number of hydrogen-bond donors (Lipinski definition) is 0. The number of hydrogen-bond acceptors (Lipinski definition) is 3. The van der Waals surface area contributed by atoms with Gasteiger partial charge in [0.05, 0.1) is 6.42 Å². The zero-order valence-corrected chi connectivity index (χ0v) is 7.85. The zero-order valence-electron chi connectivity index (χ0n) is 7.85. The number of carbonyl (C=O) groups excluding carboxylic acids is 2. The summed E-state index contributed by atoms with van der Waals surface area (Å²) in [4.78, 5) is 21.6. The molecule has 0 bridgehead atoms. The molecule has 0 aromatic heterocycles. The minimum absolute atomic E-state index is 0.00408. The Labute approximate surface area is 73.1 Å². The van der Waals surface area contributed by atoms with Gasteiger partial charge in [-0.25, -0.2) is 0 Å². The predicted molar refractivity (Wildman–Crippen MR) is 45.1 cm³/mol. The molecule has 69 valence electrons. The van der Waals surface area contributed by atoms with Crippen LogP contribution in [0.15, 0.2) is 0 Å². The van der Waals surface area contributed by atoms with E-state index in [0.29, 0.717) is 0 Å². The molecule has 1 radical (unpaired) electrons. The first-order chi connectivity index (χ1) is 5.35. The summed E-state index contributed by atoms with van der Waals surface area (Å²) in [6, 6.07) is 0. The summed E-state index contributed by atoms with van der Waals surface area (Å²) >= 11 is 0. The van der Waals surface area contributed by atoms with Crippen LogP contribution >= 0.6 is 0 Å². The first-order valence-corrected chi connectivity index (χ1v) is 3.88. The van der Waals surface area contributed by atoms with Crippen molar-refractivity contribution in [1.82, 2.24) is 0 Å². The second-order valence-electron chi connectivity index (χ2n) is 3.83. The first-order valence-electron chi connectivity index (χ1n) is 3.88. The Balaban J connectivity index is 3.83. The van der Waals surface area contributed by atoms with Crippen LogP contribution in [-0.4, -0.2) is 11.9 Å². The molecule has 0 spiro atoms. The van der Waals surface area contributed by atoms with Crippen LogP contribution in [-0.2, 0) is 14.3 Å². The lowest BCUT2D eigenvalue weighted by Gasteiger charge is -2.15. The van der Waals surface area contributed by atoms with Crippen LogP contribution < -0.4 is 0 Å². The van der Waals surface area contributed by atoms with Gasteiger partial charge in [-0.2, -0.15) is 0 Å². The molecule has 0 aliphatic carbocycles. The molecule has 3 heteroatoms. The van der Waals surface area contributed by atoms with Crippen molar-refractivity contribution in [1.29, 1.82) is 0 Å². The number of rotatable bonds is 2. The van der Waals surface area contributed by atoms with E-state index >= 15 is 0 Å². The third-order valence-electron chi connectivity index (χ3n) is 1.11. The highest BCUT2D eigenvalue weighted by molar-refractivity contribution is 5.85. The van der Waals surface area contributed by atoms with Gasteiger partial charge >= 0.3 is 11.9 Å². The van der Waals surface area contributed by atoms with Gasteiger partial charge in [0.25, 0.3) is 0 Å². The smallest absolute Gasteiger partial charge is 0.313 e. The second kappa shape index (κ2) is 4.24. The van der Waals surface area contributed by atoms with Crippen LogP contribution in [0.5, 0.6) is 0 Å². The lowest BCUT2D eigenvalue weighted by atomic mass is 9.92. The van der Waals surface area contributed by atoms with Gasteiger partial charge in [0.1, 0.15) is 0 Å². The number of carbonyl (C=O) groups is 2. The molecule has 0 saturated heterocycles. The van der Waals surface area contributed by atoms with E-state index in [4.69, 9.17) is 0 Å². The van der Waals surface area contributed by atoms with E-state index in [1.165, 1.54) is 0 Å². The molecule has 0 fully saturated rings. The van der Waals surface area contributed by atoms with E-state index in [1.54, 1.807) is 0 Å². The fraction of sp³-hybridized carbons (Fsp3) is 0.667. The lowest BCUT2D eigenvalue weighted by molar-refractivity contribution is -0.160. The van der Waals surface area contributed by atoms with E-state index in [1.807, 2.05) is 20.8 Å². The van der Waals surface area contributed by atoms with E-state index < -0.39 is 11.9 Å². The van der Waals surface area contributed by atoms with E-state index in [2.05, 4.69) is 11.7 Å². The van der Waals surface area contributed by atoms with Gasteiger partial charge in [-0.1, -0.05) is 20.8 Å². The molecule has 12 heavy (non-hydrogen) atoms. The van der Waals surface area contributed by atoms with Crippen molar-refractivity contribution < 1.29 is 14.3 Å². The summed E-state index contributed by atoms with van der Waals surface area (Å²) in [5.74, 6) is -1.04. The normalized spacial score (nSPS) is 11.0. The molecule has 0 atom stereocenters. The molecule has 0 aromatic carbocycles. The van der Waals surface area contributed by atoms with Crippen LogP contribution in [0.2, 0.25) is 0 Å². The Hall–Kier alpha value is -0.860. The number of esters is 2. The van der Waals surface area contributed by atoms with Crippen molar-refractivity contribution in [3.8, 4) is 0 Å². The monoisotopic (exact) mass is 171 g/mol. The van der Waals surface area contributed by atoms with Gasteiger partial charge in [-0.05, 0) is 12.3 Å². The minimum atomic E-state index is -0.566. The van der Waals surface area contributed by atoms with E-state index in [-0.39, 0.29) is 18.3 Å². The predicted octanol–water partition coefficient (Wildman–Crippen LogP) is 1.72. The first kappa shape index (κ1) is 11.1. The molecule has 0 heterocycles. The Bertz CT molecular complexity index is 177. The zero-order chi connectivity index (χ0) is 9.78. The van der Waals surface area contributed by atoms with Crippen LogP contribution in [0.4, 0.5) is 0 Å². The highest BCUT2D eigenvalue weighted by Crippen LogP contribution is 2.18. The molecule has 0 aliphatic heterocycles. The Morgan fingerprint density at radius 2 is 1.75 bits per heavy atom. The van der Waals surface area contributed by atoms with E-state index in [9.17, 15) is 9.59 Å². The maximum atomic E-state index is 11.0. The highest BCUT2D eigenvalue weighted by atomic mass is 16.6. The summed E-state index contributed by atoms with van der Waals surface area (Å²) in [6.45, 7) is 9.03. The van der Waals surface area contributed by atoms with Crippen LogP contribution in [0, 0.1) is 12.3 Å². The number of ether oxygens (including phenoxy) is 1. The Morgan fingerprint density at radius 3 is 2.08 bits per heavy atom. The average molecular weight is 171 g/mol. The molecule has 3 nitrogen and oxygen atoms in total. The topological polar surface area (TPSA) is 43.4 Å². The SMILES string of the molecule is [CH2]CC(=O)OC(=O)CC(C)(C)C. The van der Waals surface area contributed by atoms with Crippen molar-refractivity contribution in [2.24, 2.45) is 5.41 Å². The average Bonchev–Trinajstić information content (AvgIpc) is 1.82. The summed E-state index contributed by atoms with van der Waals surface area (Å²) in [6.07, 6.45) is 0.245. The highest BCUT2D eigenvalue weighted by Gasteiger charge is 2.18. The fourth-order valence-corrected chi connectivity index (χ4v) is 0.647. The van der Waals surface area contributed by atoms with Gasteiger partial charge in [0, 0.05) is 6.42 Å². The van der Waals surface area contributed by atoms with Crippen molar-refractivity contribution in [2.45, 2.75) is 33.6 Å². The summed E-state index contributed by atoms with van der Waals surface area (Å²) in [7, 11) is 0. The Morgan fingerprint density at radius 1 is 1.25 bits per heavy atom. The van der Waals surface area contributed by atoms with Gasteiger partial charge in [0.15, 0.2) is 0 Å². The van der Waals surface area contributed by atoms with Crippen molar-refractivity contribution in [2.75, 3.05) is 0 Å². The van der Waals surface area contributed by atoms with E-state index in [0.717, 1.165) is 0 Å². The summed E-state index contributed by atoms with van der Waals surface area (Å²) < 4.78 is 4.44. The van der Waals surface area contributed by atoms with Gasteiger partial charge in [0.2, 0.25) is 0 Å². The summed E-state index contributed by atoms with van der Waals surface area (Å²) in [5, 5.41) is 0. The maximum absolute atomic E-state index is 11.0. The largest absolute Gasteiger partial charge is 0.393 e. The van der Waals surface area contributed by atoms with Crippen LogP contribution in [0.3, 0.4) is 0 Å². The lowest BCUT2D eigenvalue weighted by Crippen LogP contribution is -2.18. The molecule has 0 aromatic rings. The molecule has 0 rings (SSSR count). The maximum Gasteiger partial charge on any atom is 0.313 e. The van der Waals surface area contributed by atoms with Crippen molar-refractivity contribution in [3.63, 3.8) is 0 Å². The van der Waals surface area contributed by atoms with Gasteiger partial charge in [-0.3, -0.25) is 9.59 Å². The van der Waals surface area contributed by atoms with Gasteiger partial charge < -0.3 is 4.74 Å². The molecule has 0 saturated carbocycles. The minimum Gasteiger partial charge on any atom is -0.393 e. The second-order valence-corrected chi connectivity index (χ2v) is 3.83. The molecule has 0 aliphatic rings. The fourth-order valence-electron chi connectivity index (χ4n) is 0.647. The third-order valence-corrected chi connectivity index (χ3v) is 1.11. The van der Waals surface area contributed by atoms with Crippen molar-refractivity contribution in [3.05, 3.63) is 6.92 Å². The molecule has 0 N–H and O–H groups in total. The van der Waals surface area contributed by atoms with Crippen LogP contribution in [0.25, 0.3) is 0 Å². The third kappa shape index (κ3) is 5.89. The molecule has 0 unspecified atom stereocenters. The standard InChI is InChI=1S/C9H15O3/c1-5-7(10)12-8(11)6-9(2,3)4/h1,5-6H2,2-4H3. The van der Waals surface area contributed by atoms with Crippen LogP contribution in [0.1, 0.15) is 33.6 Å². The summed E-state index contributed by atoms with van der Waals surface area (Å²) in [5.41, 5.74) is -0.140. The molecular formula is C9H15O3. The Kier molecular flexibility index (Phi) is 3.93. The van der Waals surface area contributed by atoms with Crippen molar-refractivity contribution >= 4 is 11.9 Å². The quantitative estimate of drug-likeness (QED) is 0.469. The molecule has 0 amide bonds. The van der Waals surface area contributed by atoms with Gasteiger partial charge in [-0.15, -0.1) is 0 Å². The molecular weight excluding hydrogens is 156 g/mol.